The number of allylic oxidation sites excluding steroid dienone is 1. The maximum absolute atomic E-state index is 12.9. The Kier molecular flexibility index (Phi) is 12.1. The molecular formula is C33H46N7O3+. The third-order valence-corrected chi connectivity index (χ3v) is 7.99. The highest BCUT2D eigenvalue weighted by molar-refractivity contribution is 6.14. The molecule has 1 unspecified atom stereocenters. The Labute approximate surface area is 254 Å². The molecule has 230 valence electrons. The molecule has 2 atom stereocenters. The van der Waals surface area contributed by atoms with Crippen molar-refractivity contribution in [2.45, 2.75) is 47.0 Å². The summed E-state index contributed by atoms with van der Waals surface area (Å²) in [5, 5.41) is 13.9. The zero-order valence-corrected chi connectivity index (χ0v) is 26.2. The summed E-state index contributed by atoms with van der Waals surface area (Å²) in [5.74, 6) is 2.84. The number of methoxy groups -OCH3 is 2. The van der Waals surface area contributed by atoms with Gasteiger partial charge in [-0.1, -0.05) is 32.9 Å². The number of amides is 1. The molecule has 7 N–H and O–H groups in total. The molecule has 1 amide bonds. The first-order chi connectivity index (χ1) is 20.6. The van der Waals surface area contributed by atoms with E-state index in [-0.39, 0.29) is 17.4 Å². The molecule has 0 aliphatic carbocycles. The fraction of sp³-hybridized carbons (Fsp3) is 0.394. The summed E-state index contributed by atoms with van der Waals surface area (Å²) in [7, 11) is 3.05. The summed E-state index contributed by atoms with van der Waals surface area (Å²) in [6, 6.07) is 6.76. The minimum absolute atomic E-state index is 0.161. The molecule has 3 heterocycles. The first-order valence-electron chi connectivity index (χ1n) is 14.7. The number of piperidine rings is 1. The van der Waals surface area contributed by atoms with Crippen LogP contribution >= 0.6 is 0 Å². The second-order valence-corrected chi connectivity index (χ2v) is 10.8. The molecule has 0 saturated carbocycles. The molecular weight excluding hydrogens is 542 g/mol. The van der Waals surface area contributed by atoms with E-state index in [1.807, 2.05) is 6.92 Å². The normalized spacial score (nSPS) is 15.5. The number of hydrogen-bond donors (Lipinski definition) is 5. The molecule has 1 aromatic carbocycles. The number of ether oxygens (including phenoxy) is 2. The zero-order chi connectivity index (χ0) is 31.5. The van der Waals surface area contributed by atoms with Gasteiger partial charge in [-0.05, 0) is 68.5 Å². The lowest BCUT2D eigenvalue weighted by atomic mass is 9.86. The summed E-state index contributed by atoms with van der Waals surface area (Å²) in [6.45, 7) is 14.8. The Morgan fingerprint density at radius 3 is 2.67 bits per heavy atom. The number of nitrogens with zero attached hydrogens (tertiary/aromatic N) is 2. The van der Waals surface area contributed by atoms with Crippen molar-refractivity contribution in [3.05, 3.63) is 82.8 Å². The third kappa shape index (κ3) is 8.54. The van der Waals surface area contributed by atoms with Gasteiger partial charge >= 0.3 is 0 Å². The van der Waals surface area contributed by atoms with Gasteiger partial charge in [0.1, 0.15) is 29.3 Å². The van der Waals surface area contributed by atoms with Crippen LogP contribution in [0.1, 0.15) is 71.7 Å². The number of rotatable bonds is 10. The predicted octanol–water partition coefficient (Wildman–Crippen LogP) is 4.86. The molecule has 1 aliphatic heterocycles. The number of aromatic amines is 1. The van der Waals surface area contributed by atoms with Gasteiger partial charge < -0.3 is 30.8 Å². The van der Waals surface area contributed by atoms with Gasteiger partial charge in [0, 0.05) is 17.2 Å². The number of hydrogen-bond acceptors (Lipinski definition) is 7. The van der Waals surface area contributed by atoms with Crippen molar-refractivity contribution in [2.75, 3.05) is 38.4 Å². The van der Waals surface area contributed by atoms with Gasteiger partial charge in [-0.15, -0.1) is 0 Å². The second kappa shape index (κ2) is 15.7. The summed E-state index contributed by atoms with van der Waals surface area (Å²) in [6.07, 6.45) is 9.02. The lowest BCUT2D eigenvalue weighted by Gasteiger charge is -2.24. The van der Waals surface area contributed by atoms with Crippen LogP contribution < -0.4 is 21.1 Å². The number of nitrogens with one attached hydrogen (secondary N) is 3. The van der Waals surface area contributed by atoms with Crippen molar-refractivity contribution in [2.24, 2.45) is 11.8 Å². The largest absolute Gasteiger partial charge is 0.497 e. The fourth-order valence-corrected chi connectivity index (χ4v) is 5.11. The van der Waals surface area contributed by atoms with Crippen LogP contribution in [0.3, 0.4) is 0 Å². The monoisotopic (exact) mass is 588 g/mol. The quantitative estimate of drug-likeness (QED) is 0.129. The first-order valence-corrected chi connectivity index (χ1v) is 14.7. The Morgan fingerprint density at radius 2 is 2.07 bits per heavy atom. The van der Waals surface area contributed by atoms with Gasteiger partial charge in [0.2, 0.25) is 0 Å². The number of nitrogens with two attached hydrogens (primary N) is 2. The lowest BCUT2D eigenvalue weighted by Crippen LogP contribution is -2.87. The smallest absolute Gasteiger partial charge is 0.272 e. The van der Waals surface area contributed by atoms with Crippen LogP contribution in [0.25, 0.3) is 6.08 Å². The molecule has 2 aromatic heterocycles. The van der Waals surface area contributed by atoms with E-state index in [4.69, 9.17) is 20.6 Å². The van der Waals surface area contributed by atoms with Gasteiger partial charge in [0.15, 0.2) is 0 Å². The van der Waals surface area contributed by atoms with Gasteiger partial charge in [-0.25, -0.2) is 9.97 Å². The number of carbonyl (C=O) groups excluding carboxylic acids is 1. The van der Waals surface area contributed by atoms with Crippen molar-refractivity contribution in [3.8, 4) is 5.75 Å². The van der Waals surface area contributed by atoms with Crippen LogP contribution in [0.15, 0.2) is 49.0 Å². The molecule has 1 fully saturated rings. The number of aromatic nitrogens is 3. The Hall–Kier alpha value is -4.44. The Bertz CT molecular complexity index is 1430. The van der Waals surface area contributed by atoms with Gasteiger partial charge in [-0.3, -0.25) is 10.2 Å². The number of nitrogen functional groups attached to an aromatic ring is 1. The van der Waals surface area contributed by atoms with E-state index in [1.54, 1.807) is 50.5 Å². The summed E-state index contributed by atoms with van der Waals surface area (Å²) in [5.41, 5.74) is 10.2. The van der Waals surface area contributed by atoms with Crippen molar-refractivity contribution in [3.63, 3.8) is 0 Å². The molecule has 0 radical (unpaired) electrons. The van der Waals surface area contributed by atoms with Gasteiger partial charge in [-0.2, -0.15) is 0 Å². The van der Waals surface area contributed by atoms with Crippen LogP contribution in [0.5, 0.6) is 5.75 Å². The average molecular weight is 589 g/mol. The average Bonchev–Trinajstić information content (AvgIpc) is 3.39. The molecule has 10 nitrogen and oxygen atoms in total. The molecule has 0 bridgehead atoms. The van der Waals surface area contributed by atoms with Crippen molar-refractivity contribution in [1.82, 2.24) is 15.0 Å². The van der Waals surface area contributed by atoms with E-state index >= 15 is 0 Å². The van der Waals surface area contributed by atoms with E-state index < -0.39 is 0 Å². The van der Waals surface area contributed by atoms with Gasteiger partial charge in [0.25, 0.3) is 5.91 Å². The van der Waals surface area contributed by atoms with E-state index in [1.165, 1.54) is 45.8 Å². The molecule has 1 aliphatic rings. The second-order valence-electron chi connectivity index (χ2n) is 10.8. The van der Waals surface area contributed by atoms with E-state index in [0.717, 1.165) is 23.1 Å². The molecule has 43 heavy (non-hydrogen) atoms. The SMILES string of the molecule is C=C/C(=C\c1cc(C(=O)Nc2ccc(C(=N)c3c(C)ncnc3N)cc2OC)[nH]c1C)OC.CC[C@@H](C)C1CCC[NH2+]C1. The highest BCUT2D eigenvalue weighted by Crippen LogP contribution is 2.29. The summed E-state index contributed by atoms with van der Waals surface area (Å²) < 4.78 is 10.7. The number of anilines is 2. The molecule has 10 heteroatoms. The van der Waals surface area contributed by atoms with E-state index in [0.29, 0.717) is 39.7 Å². The maximum atomic E-state index is 12.9. The highest BCUT2D eigenvalue weighted by atomic mass is 16.5. The minimum atomic E-state index is -0.340. The lowest BCUT2D eigenvalue weighted by molar-refractivity contribution is -0.670. The third-order valence-electron chi connectivity index (χ3n) is 7.99. The topological polar surface area (TPSA) is 156 Å². The number of aryl methyl sites for hydroxylation is 2. The first kappa shape index (κ1) is 33.1. The van der Waals surface area contributed by atoms with Crippen molar-refractivity contribution < 1.29 is 19.6 Å². The zero-order valence-electron chi connectivity index (χ0n) is 26.2. The Balaban J connectivity index is 0.000000428. The number of benzene rings is 1. The van der Waals surface area contributed by atoms with Gasteiger partial charge in [0.05, 0.1) is 50.0 Å². The molecule has 0 spiro atoms. The summed E-state index contributed by atoms with van der Waals surface area (Å²) in [4.78, 5) is 24.0. The highest BCUT2D eigenvalue weighted by Gasteiger charge is 2.20. The molecule has 1 saturated heterocycles. The van der Waals surface area contributed by atoms with Crippen molar-refractivity contribution in [1.29, 1.82) is 5.41 Å². The molecule has 4 rings (SSSR count). The standard InChI is InChI=1S/C24H26N6O3.C9H19N/c1-6-17(32-4)9-16-10-19(29-13(16)2)24(31)30-18-8-7-15(11-20(18)33-5)22(25)21-14(3)27-12-28-23(21)26;1-3-8(2)9-5-4-6-10-7-9/h6-12,25,29H,1H2,2-5H3,(H,30,31)(H2,26,27,28);8-10H,3-7H2,1-2H3/p+1/b17-9+,25-22?;/t;8-,9?/m.1/s1. The van der Waals surface area contributed by atoms with Crippen LogP contribution in [0, 0.1) is 31.1 Å². The minimum Gasteiger partial charge on any atom is -0.497 e. The van der Waals surface area contributed by atoms with Crippen LogP contribution in [-0.2, 0) is 4.74 Å². The number of H-pyrrole nitrogens is 1. The summed E-state index contributed by atoms with van der Waals surface area (Å²) >= 11 is 0. The maximum Gasteiger partial charge on any atom is 0.272 e. The van der Waals surface area contributed by atoms with Crippen LogP contribution in [0.4, 0.5) is 11.5 Å². The number of quaternary nitrogens is 1. The molecule has 3 aromatic rings. The fourth-order valence-electron chi connectivity index (χ4n) is 5.11. The van der Waals surface area contributed by atoms with Crippen molar-refractivity contribution >= 4 is 29.2 Å². The van der Waals surface area contributed by atoms with E-state index in [9.17, 15) is 4.79 Å². The number of carbonyl (C=O) groups is 1. The van der Waals surface area contributed by atoms with E-state index in [2.05, 4.69) is 46.0 Å². The Morgan fingerprint density at radius 1 is 1.30 bits per heavy atom. The van der Waals surface area contributed by atoms with Crippen LogP contribution in [0.2, 0.25) is 0 Å². The van der Waals surface area contributed by atoms with Crippen LogP contribution in [-0.4, -0.2) is 53.9 Å². The predicted molar refractivity (Wildman–Crippen MR) is 173 cm³/mol.